The molecule has 3 aromatic rings. The molecule has 168 valence electrons. The number of carbonyl (C=O) groups excluding carboxylic acids is 1. The molecule has 3 aromatic carbocycles. The van der Waals surface area contributed by atoms with E-state index in [2.05, 4.69) is 19.2 Å². The Morgan fingerprint density at radius 1 is 0.906 bits per heavy atom. The molecule has 3 rings (SSSR count). The third kappa shape index (κ3) is 5.74. The fraction of sp³-hybridized carbons (Fsp3) is 0.269. The minimum atomic E-state index is -0.729. The summed E-state index contributed by atoms with van der Waals surface area (Å²) in [6, 6.07) is 18.4. The number of benzene rings is 3. The summed E-state index contributed by atoms with van der Waals surface area (Å²) >= 11 is 6.18. The van der Waals surface area contributed by atoms with Crippen LogP contribution >= 0.6 is 11.6 Å². The van der Waals surface area contributed by atoms with Gasteiger partial charge in [-0.15, -0.1) is 0 Å². The maximum absolute atomic E-state index is 13.0. The van der Waals surface area contributed by atoms with E-state index in [1.54, 1.807) is 44.4 Å². The minimum absolute atomic E-state index is 0.273. The van der Waals surface area contributed by atoms with Gasteiger partial charge in [0.2, 0.25) is 0 Å². The molecule has 1 atom stereocenters. The Morgan fingerprint density at radius 3 is 2.31 bits per heavy atom. The molecule has 0 spiro atoms. The van der Waals surface area contributed by atoms with Crippen molar-refractivity contribution in [2.75, 3.05) is 12.4 Å². The lowest BCUT2D eigenvalue weighted by Gasteiger charge is -2.20. The number of nitrogens with one attached hydrogen (secondary N) is 1. The number of amides is 1. The number of aryl methyl sites for hydroxylation is 1. The second kappa shape index (κ2) is 10.4. The van der Waals surface area contributed by atoms with Crippen LogP contribution in [0.1, 0.15) is 37.8 Å². The van der Waals surface area contributed by atoms with Crippen molar-refractivity contribution in [3.05, 3.63) is 76.8 Å². The SMILES string of the molecule is COc1ccccc1Oc1ccc(Cl)cc1NC(=O)[C@@H](C)Oc1cc(C)ccc1C(C)C. The van der Waals surface area contributed by atoms with Crippen molar-refractivity contribution in [3.63, 3.8) is 0 Å². The van der Waals surface area contributed by atoms with E-state index in [9.17, 15) is 4.79 Å². The molecule has 0 aromatic heterocycles. The van der Waals surface area contributed by atoms with Gasteiger partial charge in [0.15, 0.2) is 23.4 Å². The molecule has 0 aliphatic rings. The number of rotatable bonds is 8. The van der Waals surface area contributed by atoms with Crippen molar-refractivity contribution in [3.8, 4) is 23.0 Å². The summed E-state index contributed by atoms with van der Waals surface area (Å²) in [7, 11) is 1.57. The van der Waals surface area contributed by atoms with Crippen LogP contribution in [0.15, 0.2) is 60.7 Å². The van der Waals surface area contributed by atoms with Crippen LogP contribution in [0.4, 0.5) is 5.69 Å². The molecule has 0 radical (unpaired) electrons. The summed E-state index contributed by atoms with van der Waals surface area (Å²) in [6.45, 7) is 7.90. The van der Waals surface area contributed by atoms with Crippen molar-refractivity contribution in [1.82, 2.24) is 0 Å². The van der Waals surface area contributed by atoms with Crippen LogP contribution in [0.25, 0.3) is 0 Å². The Balaban J connectivity index is 1.80. The van der Waals surface area contributed by atoms with Crippen molar-refractivity contribution >= 4 is 23.2 Å². The van der Waals surface area contributed by atoms with Crippen LogP contribution in [0, 0.1) is 6.92 Å². The number of halogens is 1. The van der Waals surface area contributed by atoms with Crippen LogP contribution < -0.4 is 19.5 Å². The van der Waals surface area contributed by atoms with Gasteiger partial charge >= 0.3 is 0 Å². The van der Waals surface area contributed by atoms with Gasteiger partial charge < -0.3 is 19.5 Å². The van der Waals surface area contributed by atoms with Gasteiger partial charge in [0.25, 0.3) is 5.91 Å². The Kier molecular flexibility index (Phi) is 7.65. The lowest BCUT2D eigenvalue weighted by Crippen LogP contribution is -2.30. The topological polar surface area (TPSA) is 56.8 Å². The molecular formula is C26H28ClNO4. The Morgan fingerprint density at radius 2 is 1.62 bits per heavy atom. The number of carbonyl (C=O) groups is 1. The van der Waals surface area contributed by atoms with Crippen molar-refractivity contribution in [1.29, 1.82) is 0 Å². The summed E-state index contributed by atoms with van der Waals surface area (Å²) in [5.74, 6) is 2.22. The highest BCUT2D eigenvalue weighted by molar-refractivity contribution is 6.31. The van der Waals surface area contributed by atoms with Gasteiger partial charge in [0.05, 0.1) is 12.8 Å². The van der Waals surface area contributed by atoms with E-state index in [1.165, 1.54) is 0 Å². The average molecular weight is 454 g/mol. The zero-order valence-corrected chi connectivity index (χ0v) is 19.7. The predicted octanol–water partition coefficient (Wildman–Crippen LogP) is 6.98. The summed E-state index contributed by atoms with van der Waals surface area (Å²) in [5, 5.41) is 3.35. The number of hydrogen-bond acceptors (Lipinski definition) is 4. The predicted molar refractivity (Wildman–Crippen MR) is 129 cm³/mol. The molecule has 32 heavy (non-hydrogen) atoms. The highest BCUT2D eigenvalue weighted by Gasteiger charge is 2.20. The van der Waals surface area contributed by atoms with Gasteiger partial charge in [0.1, 0.15) is 5.75 Å². The molecule has 0 heterocycles. The first-order chi connectivity index (χ1) is 15.3. The molecular weight excluding hydrogens is 426 g/mol. The zero-order valence-electron chi connectivity index (χ0n) is 18.9. The van der Waals surface area contributed by atoms with E-state index in [4.69, 9.17) is 25.8 Å². The monoisotopic (exact) mass is 453 g/mol. The van der Waals surface area contributed by atoms with E-state index in [0.717, 1.165) is 11.1 Å². The van der Waals surface area contributed by atoms with Gasteiger partial charge in [-0.25, -0.2) is 0 Å². The Labute approximate surface area is 194 Å². The molecule has 0 saturated heterocycles. The molecule has 0 saturated carbocycles. The van der Waals surface area contributed by atoms with Gasteiger partial charge in [-0.2, -0.15) is 0 Å². The fourth-order valence-electron chi connectivity index (χ4n) is 3.21. The standard InChI is InChI=1S/C26H28ClNO4/c1-16(2)20-12-10-17(3)14-25(20)31-18(4)26(29)28-21-15-19(27)11-13-22(21)32-24-9-7-6-8-23(24)30-5/h6-16,18H,1-5H3,(H,28,29)/t18-/m1/s1. The number of para-hydroxylation sites is 2. The number of methoxy groups -OCH3 is 1. The quantitative estimate of drug-likeness (QED) is 0.399. The second-order valence-corrected chi connectivity index (χ2v) is 8.28. The maximum atomic E-state index is 13.0. The Hall–Kier alpha value is -3.18. The van der Waals surface area contributed by atoms with Gasteiger partial charge in [0, 0.05) is 5.02 Å². The summed E-state index contributed by atoms with van der Waals surface area (Å²) in [4.78, 5) is 13.0. The van der Waals surface area contributed by atoms with E-state index in [1.807, 2.05) is 37.3 Å². The number of hydrogen-bond donors (Lipinski definition) is 1. The molecule has 0 fully saturated rings. The van der Waals surface area contributed by atoms with Crippen LogP contribution in [0.2, 0.25) is 5.02 Å². The molecule has 0 bridgehead atoms. The van der Waals surface area contributed by atoms with Gasteiger partial charge in [-0.05, 0) is 67.3 Å². The lowest BCUT2D eigenvalue weighted by atomic mass is 10.0. The van der Waals surface area contributed by atoms with Crippen LogP contribution in [0.5, 0.6) is 23.0 Å². The van der Waals surface area contributed by atoms with Gasteiger partial charge in [-0.1, -0.05) is 49.7 Å². The minimum Gasteiger partial charge on any atom is -0.493 e. The summed E-state index contributed by atoms with van der Waals surface area (Å²) in [6.07, 6.45) is -0.729. The van der Waals surface area contributed by atoms with Crippen molar-refractivity contribution in [2.24, 2.45) is 0 Å². The molecule has 1 N–H and O–H groups in total. The molecule has 5 nitrogen and oxygen atoms in total. The van der Waals surface area contributed by atoms with Crippen molar-refractivity contribution < 1.29 is 19.0 Å². The summed E-state index contributed by atoms with van der Waals surface area (Å²) < 4.78 is 17.4. The lowest BCUT2D eigenvalue weighted by molar-refractivity contribution is -0.122. The first-order valence-corrected chi connectivity index (χ1v) is 10.8. The van der Waals surface area contributed by atoms with Gasteiger partial charge in [-0.3, -0.25) is 4.79 Å². The first-order valence-electron chi connectivity index (χ1n) is 10.5. The second-order valence-electron chi connectivity index (χ2n) is 7.84. The summed E-state index contributed by atoms with van der Waals surface area (Å²) in [5.41, 5.74) is 2.56. The highest BCUT2D eigenvalue weighted by atomic mass is 35.5. The van der Waals surface area contributed by atoms with E-state index in [-0.39, 0.29) is 11.8 Å². The number of ether oxygens (including phenoxy) is 3. The van der Waals surface area contributed by atoms with Crippen LogP contribution in [-0.2, 0) is 4.79 Å². The molecule has 0 unspecified atom stereocenters. The van der Waals surface area contributed by atoms with E-state index < -0.39 is 6.10 Å². The smallest absolute Gasteiger partial charge is 0.265 e. The first kappa shape index (κ1) is 23.5. The third-order valence-electron chi connectivity index (χ3n) is 4.95. The molecule has 0 aliphatic carbocycles. The maximum Gasteiger partial charge on any atom is 0.265 e. The Bertz CT molecular complexity index is 1100. The van der Waals surface area contributed by atoms with Crippen molar-refractivity contribution in [2.45, 2.75) is 39.7 Å². The van der Waals surface area contributed by atoms with E-state index >= 15 is 0 Å². The zero-order chi connectivity index (χ0) is 23.3. The van der Waals surface area contributed by atoms with Crippen LogP contribution in [-0.4, -0.2) is 19.1 Å². The largest absolute Gasteiger partial charge is 0.493 e. The number of anilines is 1. The molecule has 1 amide bonds. The third-order valence-corrected chi connectivity index (χ3v) is 5.19. The molecule has 0 aliphatic heterocycles. The average Bonchev–Trinajstić information content (AvgIpc) is 2.75. The highest BCUT2D eigenvalue weighted by Crippen LogP contribution is 2.36. The fourth-order valence-corrected chi connectivity index (χ4v) is 3.38. The normalized spacial score (nSPS) is 11.7. The van der Waals surface area contributed by atoms with E-state index in [0.29, 0.717) is 33.7 Å². The molecule has 6 heteroatoms. The van der Waals surface area contributed by atoms with Crippen LogP contribution in [0.3, 0.4) is 0 Å².